The number of nitrogens with two attached hydrogens (primary N) is 1. The molecule has 0 amide bonds. The molecule has 0 unspecified atom stereocenters. The second-order valence-electron chi connectivity index (χ2n) is 3.47. The molecule has 0 aliphatic heterocycles. The molecule has 0 aliphatic carbocycles. The fourth-order valence-corrected chi connectivity index (χ4v) is 1.82. The molecule has 3 heterocycles. The van der Waals surface area contributed by atoms with Crippen molar-refractivity contribution < 1.29 is 4.40 Å². The molecule has 0 fully saturated rings. The first kappa shape index (κ1) is 7.44. The number of hydrogen-bond acceptors (Lipinski definition) is 1. The van der Waals surface area contributed by atoms with Gasteiger partial charge in [-0.3, -0.25) is 5.84 Å². The molecule has 0 radical (unpaired) electrons. The van der Waals surface area contributed by atoms with Crippen LogP contribution < -0.4 is 10.2 Å². The largest absolute Gasteiger partial charge is 0.396 e. The molecule has 0 aliphatic rings. The van der Waals surface area contributed by atoms with Crippen molar-refractivity contribution in [1.82, 2.24) is 9.08 Å². The van der Waals surface area contributed by atoms with E-state index in [1.165, 1.54) is 0 Å². The van der Waals surface area contributed by atoms with Crippen molar-refractivity contribution in [3.8, 4) is 0 Å². The predicted molar refractivity (Wildman–Crippen MR) is 53.4 cm³/mol. The Labute approximate surface area is 80.8 Å². The van der Waals surface area contributed by atoms with Gasteiger partial charge in [0.15, 0.2) is 0 Å². The third-order valence-corrected chi connectivity index (χ3v) is 2.53. The summed E-state index contributed by atoms with van der Waals surface area (Å²) in [6.45, 7) is 1.99. The summed E-state index contributed by atoms with van der Waals surface area (Å²) in [6.07, 6.45) is 6.08. The molecule has 2 N–H and O–H groups in total. The van der Waals surface area contributed by atoms with Crippen LogP contribution in [0.15, 0.2) is 36.8 Å². The summed E-state index contributed by atoms with van der Waals surface area (Å²) < 4.78 is 5.78. The number of nitrogen functional groups attached to an aromatic ring is 1. The van der Waals surface area contributed by atoms with Crippen molar-refractivity contribution in [2.45, 2.75) is 6.92 Å². The first-order valence-corrected chi connectivity index (χ1v) is 4.52. The topological polar surface area (TPSA) is 39.5 Å². The van der Waals surface area contributed by atoms with Crippen molar-refractivity contribution >= 4 is 11.3 Å². The van der Waals surface area contributed by atoms with Crippen LogP contribution in [0, 0.1) is 6.92 Å². The number of rotatable bonds is 0. The standard InChI is InChI=1S/C10H11N4/c1-8-6-12-7-9-4-2-3-5-13(9)10(12)14(8)11/h2-7H,11H2,1H3/q+1. The van der Waals surface area contributed by atoms with Crippen molar-refractivity contribution in [3.63, 3.8) is 0 Å². The van der Waals surface area contributed by atoms with Gasteiger partial charge < -0.3 is 0 Å². The quantitative estimate of drug-likeness (QED) is 0.404. The number of nitrogens with zero attached hydrogens (tertiary/aromatic N) is 3. The zero-order chi connectivity index (χ0) is 9.71. The molecule has 0 atom stereocenters. The van der Waals surface area contributed by atoms with Gasteiger partial charge in [-0.2, -0.15) is 4.40 Å². The lowest BCUT2D eigenvalue weighted by molar-refractivity contribution is -0.508. The highest BCUT2D eigenvalue weighted by Crippen LogP contribution is 2.07. The van der Waals surface area contributed by atoms with Crippen molar-refractivity contribution in [1.29, 1.82) is 0 Å². The third kappa shape index (κ3) is 0.750. The summed E-state index contributed by atoms with van der Waals surface area (Å²) in [5.74, 6) is 6.89. The van der Waals surface area contributed by atoms with E-state index in [9.17, 15) is 0 Å². The second-order valence-corrected chi connectivity index (χ2v) is 3.47. The Morgan fingerprint density at radius 1 is 1.29 bits per heavy atom. The molecular weight excluding hydrogens is 176 g/mol. The van der Waals surface area contributed by atoms with E-state index in [-0.39, 0.29) is 0 Å². The minimum absolute atomic E-state index is 0.970. The molecule has 0 bridgehead atoms. The molecule has 3 rings (SSSR count). The first-order chi connectivity index (χ1) is 6.77. The van der Waals surface area contributed by atoms with Crippen molar-refractivity contribution in [3.05, 3.63) is 42.5 Å². The number of aromatic nitrogens is 3. The average molecular weight is 187 g/mol. The lowest BCUT2D eigenvalue weighted by atomic mass is 10.4. The zero-order valence-electron chi connectivity index (χ0n) is 7.88. The van der Waals surface area contributed by atoms with Gasteiger partial charge >= 0.3 is 5.78 Å². The van der Waals surface area contributed by atoms with E-state index in [1.807, 2.05) is 35.9 Å². The van der Waals surface area contributed by atoms with E-state index in [0.717, 1.165) is 17.0 Å². The van der Waals surface area contributed by atoms with Crippen LogP contribution in [0.4, 0.5) is 0 Å². The first-order valence-electron chi connectivity index (χ1n) is 4.52. The summed E-state index contributed by atoms with van der Waals surface area (Å²) in [5.41, 5.74) is 2.18. The van der Waals surface area contributed by atoms with Gasteiger partial charge in [-0.15, -0.1) is 4.68 Å². The monoisotopic (exact) mass is 187 g/mol. The molecule has 4 heteroatoms. The van der Waals surface area contributed by atoms with E-state index in [2.05, 4.69) is 16.7 Å². The second kappa shape index (κ2) is 2.29. The lowest BCUT2D eigenvalue weighted by Crippen LogP contribution is -2.19. The van der Waals surface area contributed by atoms with Crippen molar-refractivity contribution in [2.75, 3.05) is 5.84 Å². The Morgan fingerprint density at radius 2 is 2.14 bits per heavy atom. The molecule has 4 nitrogen and oxygen atoms in total. The number of pyridine rings is 1. The van der Waals surface area contributed by atoms with E-state index in [1.54, 1.807) is 4.68 Å². The van der Waals surface area contributed by atoms with Crippen LogP contribution in [-0.4, -0.2) is 9.08 Å². The zero-order valence-corrected chi connectivity index (χ0v) is 7.88. The van der Waals surface area contributed by atoms with Gasteiger partial charge in [0.1, 0.15) is 23.6 Å². The van der Waals surface area contributed by atoms with E-state index in [0.29, 0.717) is 0 Å². The van der Waals surface area contributed by atoms with Gasteiger partial charge in [0, 0.05) is 0 Å². The normalized spacial score (nSPS) is 11.5. The Kier molecular flexibility index (Phi) is 1.21. The SMILES string of the molecule is Cc1c[n+]2cc3ccccn3c2n1N. The summed E-state index contributed by atoms with van der Waals surface area (Å²) >= 11 is 0. The van der Waals surface area contributed by atoms with Crippen LogP contribution in [0.25, 0.3) is 11.3 Å². The molecule has 0 aromatic carbocycles. The fourth-order valence-electron chi connectivity index (χ4n) is 1.82. The van der Waals surface area contributed by atoms with Gasteiger partial charge in [0.25, 0.3) is 0 Å². The number of hydrogen-bond donors (Lipinski definition) is 1. The van der Waals surface area contributed by atoms with Crippen molar-refractivity contribution in [2.24, 2.45) is 0 Å². The number of imidazole rings is 2. The Hall–Kier alpha value is -1.97. The van der Waals surface area contributed by atoms with Gasteiger partial charge in [0.2, 0.25) is 0 Å². The molecular formula is C10H11N4+. The predicted octanol–water partition coefficient (Wildman–Crippen LogP) is 0.502. The molecule has 0 saturated heterocycles. The molecule has 3 aromatic rings. The van der Waals surface area contributed by atoms with Crippen LogP contribution >= 0.6 is 0 Å². The maximum absolute atomic E-state index is 5.92. The summed E-state index contributed by atoms with van der Waals surface area (Å²) in [4.78, 5) is 0. The third-order valence-electron chi connectivity index (χ3n) is 2.53. The average Bonchev–Trinajstić information content (AvgIpc) is 2.65. The fraction of sp³-hybridized carbons (Fsp3) is 0.100. The van der Waals surface area contributed by atoms with E-state index < -0.39 is 0 Å². The summed E-state index contributed by atoms with van der Waals surface area (Å²) in [7, 11) is 0. The summed E-state index contributed by atoms with van der Waals surface area (Å²) in [5, 5.41) is 0. The highest BCUT2D eigenvalue weighted by molar-refractivity contribution is 5.49. The molecule has 0 spiro atoms. The number of fused-ring (bicyclic) bond motifs is 3. The van der Waals surface area contributed by atoms with Crippen LogP contribution in [0.3, 0.4) is 0 Å². The Bertz CT molecular complexity index is 617. The minimum Gasteiger partial charge on any atom is -0.289 e. The van der Waals surface area contributed by atoms with Crippen LogP contribution in [0.1, 0.15) is 5.69 Å². The van der Waals surface area contributed by atoms with Crippen LogP contribution in [0.5, 0.6) is 0 Å². The minimum atomic E-state index is 0.970. The molecule has 0 saturated carbocycles. The van der Waals surface area contributed by atoms with Gasteiger partial charge in [-0.1, -0.05) is 6.07 Å². The number of aryl methyl sites for hydroxylation is 1. The van der Waals surface area contributed by atoms with E-state index in [4.69, 9.17) is 5.84 Å². The maximum Gasteiger partial charge on any atom is 0.396 e. The molecule has 3 aromatic heterocycles. The van der Waals surface area contributed by atoms with E-state index >= 15 is 0 Å². The molecule has 70 valence electrons. The highest BCUT2D eigenvalue weighted by Gasteiger charge is 2.16. The maximum atomic E-state index is 5.92. The van der Waals surface area contributed by atoms with Gasteiger partial charge in [-0.05, 0) is 19.1 Å². The highest BCUT2D eigenvalue weighted by atomic mass is 15.4. The lowest BCUT2D eigenvalue weighted by Gasteiger charge is -1.90. The smallest absolute Gasteiger partial charge is 0.289 e. The van der Waals surface area contributed by atoms with Crippen LogP contribution in [0.2, 0.25) is 0 Å². The van der Waals surface area contributed by atoms with Crippen LogP contribution in [-0.2, 0) is 0 Å². The summed E-state index contributed by atoms with van der Waals surface area (Å²) in [6, 6.07) is 6.07. The molecule has 14 heavy (non-hydrogen) atoms. The Balaban J connectivity index is 2.62. The Morgan fingerprint density at radius 3 is 3.00 bits per heavy atom. The van der Waals surface area contributed by atoms with Gasteiger partial charge in [-0.25, -0.2) is 4.40 Å². The van der Waals surface area contributed by atoms with Gasteiger partial charge in [0.05, 0.1) is 6.20 Å².